The Kier molecular flexibility index (Phi) is 3.43. The van der Waals surface area contributed by atoms with Gasteiger partial charge in [0.25, 0.3) is 11.8 Å². The highest BCUT2D eigenvalue weighted by Gasteiger charge is 2.12. The van der Waals surface area contributed by atoms with Crippen LogP contribution in [0.4, 0.5) is 5.69 Å². The van der Waals surface area contributed by atoms with E-state index >= 15 is 0 Å². The molecule has 1 aromatic carbocycles. The third kappa shape index (κ3) is 2.46. The van der Waals surface area contributed by atoms with Gasteiger partial charge in [-0.1, -0.05) is 0 Å². The topological polar surface area (TPSA) is 107 Å². The highest BCUT2D eigenvalue weighted by molar-refractivity contribution is 5.95. The molecular formula is C13H15N5O2. The monoisotopic (exact) mass is 273 g/mol. The second kappa shape index (κ2) is 5.04. The first kappa shape index (κ1) is 13.6. The lowest BCUT2D eigenvalue weighted by atomic mass is 10.1. The van der Waals surface area contributed by atoms with Gasteiger partial charge in [0.15, 0.2) is 0 Å². The van der Waals surface area contributed by atoms with Crippen LogP contribution in [0.25, 0.3) is 5.69 Å². The molecule has 0 saturated carbocycles. The quantitative estimate of drug-likeness (QED) is 0.782. The molecule has 104 valence electrons. The maximum atomic E-state index is 11.8. The molecule has 0 fully saturated rings. The third-order valence-corrected chi connectivity index (χ3v) is 2.77. The van der Waals surface area contributed by atoms with E-state index < -0.39 is 5.91 Å². The number of amides is 2. The van der Waals surface area contributed by atoms with E-state index in [1.54, 1.807) is 38.5 Å². The number of carbonyl (C=O) groups excluding carboxylic acids is 2. The molecule has 0 saturated heterocycles. The number of rotatable bonds is 3. The maximum absolute atomic E-state index is 11.8. The van der Waals surface area contributed by atoms with Crippen LogP contribution < -0.4 is 11.5 Å². The van der Waals surface area contributed by atoms with Gasteiger partial charge in [0, 0.05) is 25.9 Å². The SMILES string of the molecule is CN(C)C(=O)c1ccc(-n2ccc(C(N)=O)n2)c(N)c1. The summed E-state index contributed by atoms with van der Waals surface area (Å²) < 4.78 is 1.44. The van der Waals surface area contributed by atoms with Crippen molar-refractivity contribution in [2.75, 3.05) is 19.8 Å². The Labute approximate surface area is 115 Å². The predicted molar refractivity (Wildman–Crippen MR) is 74.5 cm³/mol. The van der Waals surface area contributed by atoms with Crippen molar-refractivity contribution < 1.29 is 9.59 Å². The standard InChI is InChI=1S/C13H15N5O2/c1-17(2)13(20)8-3-4-11(9(14)7-8)18-6-5-10(16-18)12(15)19/h3-7H,14H2,1-2H3,(H2,15,19). The molecule has 1 aromatic heterocycles. The van der Waals surface area contributed by atoms with Crippen molar-refractivity contribution in [1.29, 1.82) is 0 Å². The van der Waals surface area contributed by atoms with Gasteiger partial charge in [-0.05, 0) is 24.3 Å². The van der Waals surface area contributed by atoms with Crippen molar-refractivity contribution in [2.24, 2.45) is 5.73 Å². The van der Waals surface area contributed by atoms with Crippen LogP contribution in [-0.4, -0.2) is 40.6 Å². The largest absolute Gasteiger partial charge is 0.397 e. The average molecular weight is 273 g/mol. The fourth-order valence-electron chi connectivity index (χ4n) is 1.74. The summed E-state index contributed by atoms with van der Waals surface area (Å²) in [4.78, 5) is 24.3. The van der Waals surface area contributed by atoms with Crippen LogP contribution in [0.3, 0.4) is 0 Å². The number of nitrogens with two attached hydrogens (primary N) is 2. The predicted octanol–water partition coefficient (Wildman–Crippen LogP) is 0.255. The van der Waals surface area contributed by atoms with Crippen molar-refractivity contribution in [1.82, 2.24) is 14.7 Å². The number of hydrogen-bond donors (Lipinski definition) is 2. The molecule has 0 bridgehead atoms. The van der Waals surface area contributed by atoms with Crippen LogP contribution in [0.15, 0.2) is 30.5 Å². The first-order valence-electron chi connectivity index (χ1n) is 5.87. The van der Waals surface area contributed by atoms with Crippen molar-refractivity contribution >= 4 is 17.5 Å². The minimum Gasteiger partial charge on any atom is -0.397 e. The van der Waals surface area contributed by atoms with Crippen LogP contribution in [0.5, 0.6) is 0 Å². The molecule has 0 aliphatic rings. The molecule has 0 unspecified atom stereocenters. The van der Waals surface area contributed by atoms with Gasteiger partial charge >= 0.3 is 0 Å². The molecule has 0 radical (unpaired) electrons. The van der Waals surface area contributed by atoms with Gasteiger partial charge in [0.05, 0.1) is 11.4 Å². The molecule has 20 heavy (non-hydrogen) atoms. The van der Waals surface area contributed by atoms with Crippen LogP contribution >= 0.6 is 0 Å². The van der Waals surface area contributed by atoms with Gasteiger partial charge in [-0.2, -0.15) is 5.10 Å². The number of primary amides is 1. The van der Waals surface area contributed by atoms with E-state index in [2.05, 4.69) is 5.10 Å². The Bertz CT molecular complexity index is 675. The smallest absolute Gasteiger partial charge is 0.269 e. The van der Waals surface area contributed by atoms with Gasteiger partial charge in [0.2, 0.25) is 0 Å². The molecule has 0 spiro atoms. The molecule has 7 nitrogen and oxygen atoms in total. The van der Waals surface area contributed by atoms with Crippen LogP contribution in [0.1, 0.15) is 20.8 Å². The number of hydrogen-bond acceptors (Lipinski definition) is 4. The van der Waals surface area contributed by atoms with E-state index in [0.717, 1.165) is 0 Å². The molecule has 2 rings (SSSR count). The average Bonchev–Trinajstić information content (AvgIpc) is 2.87. The normalized spacial score (nSPS) is 10.3. The Morgan fingerprint density at radius 3 is 2.45 bits per heavy atom. The van der Waals surface area contributed by atoms with E-state index in [0.29, 0.717) is 16.9 Å². The fourth-order valence-corrected chi connectivity index (χ4v) is 1.74. The van der Waals surface area contributed by atoms with Gasteiger partial charge in [0.1, 0.15) is 5.69 Å². The minimum atomic E-state index is -0.610. The van der Waals surface area contributed by atoms with Crippen molar-refractivity contribution in [3.63, 3.8) is 0 Å². The number of benzene rings is 1. The number of aromatic nitrogens is 2. The van der Waals surface area contributed by atoms with Crippen molar-refractivity contribution in [3.8, 4) is 5.69 Å². The van der Waals surface area contributed by atoms with Crippen molar-refractivity contribution in [3.05, 3.63) is 41.7 Å². The number of nitrogen functional groups attached to an aromatic ring is 1. The van der Waals surface area contributed by atoms with E-state index in [4.69, 9.17) is 11.5 Å². The molecule has 0 aliphatic carbocycles. The fraction of sp³-hybridized carbons (Fsp3) is 0.154. The van der Waals surface area contributed by atoms with E-state index in [1.165, 1.54) is 15.6 Å². The van der Waals surface area contributed by atoms with E-state index in [-0.39, 0.29) is 11.6 Å². The van der Waals surface area contributed by atoms with Crippen molar-refractivity contribution in [2.45, 2.75) is 0 Å². The zero-order chi connectivity index (χ0) is 14.9. The summed E-state index contributed by atoms with van der Waals surface area (Å²) in [6.07, 6.45) is 1.58. The molecule has 0 atom stereocenters. The molecule has 4 N–H and O–H groups in total. The third-order valence-electron chi connectivity index (χ3n) is 2.77. The molecule has 2 aromatic rings. The lowest BCUT2D eigenvalue weighted by molar-refractivity contribution is 0.0827. The summed E-state index contributed by atoms with van der Waals surface area (Å²) in [7, 11) is 3.33. The summed E-state index contributed by atoms with van der Waals surface area (Å²) in [5, 5.41) is 4.02. The summed E-state index contributed by atoms with van der Waals surface area (Å²) in [6.45, 7) is 0. The van der Waals surface area contributed by atoms with Crippen LogP contribution in [-0.2, 0) is 0 Å². The first-order valence-corrected chi connectivity index (χ1v) is 5.87. The van der Waals surface area contributed by atoms with Gasteiger partial charge in [-0.15, -0.1) is 0 Å². The zero-order valence-electron chi connectivity index (χ0n) is 11.2. The Morgan fingerprint density at radius 1 is 1.25 bits per heavy atom. The first-order chi connectivity index (χ1) is 9.40. The number of nitrogens with zero attached hydrogens (tertiary/aromatic N) is 3. The highest BCUT2D eigenvalue weighted by atomic mass is 16.2. The molecule has 0 aliphatic heterocycles. The zero-order valence-corrected chi connectivity index (χ0v) is 11.2. The molecule has 1 heterocycles. The Balaban J connectivity index is 2.38. The van der Waals surface area contributed by atoms with Gasteiger partial charge in [-0.25, -0.2) is 4.68 Å². The Morgan fingerprint density at radius 2 is 1.95 bits per heavy atom. The molecule has 7 heteroatoms. The van der Waals surface area contributed by atoms with E-state index in [9.17, 15) is 9.59 Å². The van der Waals surface area contributed by atoms with Gasteiger partial charge < -0.3 is 16.4 Å². The highest BCUT2D eigenvalue weighted by Crippen LogP contribution is 2.19. The van der Waals surface area contributed by atoms with Crippen LogP contribution in [0.2, 0.25) is 0 Å². The lowest BCUT2D eigenvalue weighted by Crippen LogP contribution is -2.21. The van der Waals surface area contributed by atoms with E-state index in [1.807, 2.05) is 0 Å². The lowest BCUT2D eigenvalue weighted by Gasteiger charge is -2.12. The summed E-state index contributed by atoms with van der Waals surface area (Å²) in [6, 6.07) is 6.40. The minimum absolute atomic E-state index is 0.137. The second-order valence-corrected chi connectivity index (χ2v) is 4.48. The maximum Gasteiger partial charge on any atom is 0.269 e. The Hall–Kier alpha value is -2.83. The van der Waals surface area contributed by atoms with Crippen LogP contribution in [0, 0.1) is 0 Å². The number of carbonyl (C=O) groups is 2. The van der Waals surface area contributed by atoms with Gasteiger partial charge in [-0.3, -0.25) is 9.59 Å². The molecule has 2 amide bonds. The second-order valence-electron chi connectivity index (χ2n) is 4.48. The summed E-state index contributed by atoms with van der Waals surface area (Å²) in [5.74, 6) is -0.747. The molecular weight excluding hydrogens is 258 g/mol. The number of anilines is 1. The summed E-state index contributed by atoms with van der Waals surface area (Å²) >= 11 is 0. The summed E-state index contributed by atoms with van der Waals surface area (Å²) in [5.41, 5.74) is 12.7.